The second kappa shape index (κ2) is 5.35. The zero-order valence-electron chi connectivity index (χ0n) is 10.2. The molecule has 0 spiro atoms. The van der Waals surface area contributed by atoms with E-state index in [1.165, 1.54) is 5.56 Å². The fourth-order valence-electron chi connectivity index (χ4n) is 2.15. The highest BCUT2D eigenvalue weighted by Gasteiger charge is 2.04. The summed E-state index contributed by atoms with van der Waals surface area (Å²) in [5.74, 6) is 1.07. The molecule has 0 amide bonds. The Morgan fingerprint density at radius 1 is 1.16 bits per heavy atom. The van der Waals surface area contributed by atoms with Crippen LogP contribution in [0.4, 0.5) is 0 Å². The molecule has 0 saturated heterocycles. The highest BCUT2D eigenvalue weighted by Crippen LogP contribution is 2.16. The zero-order valence-corrected chi connectivity index (χ0v) is 12.5. The van der Waals surface area contributed by atoms with Crippen molar-refractivity contribution in [2.45, 2.75) is 12.8 Å². The summed E-state index contributed by atoms with van der Waals surface area (Å²) in [6.07, 6.45) is 5.78. The minimum absolute atomic E-state index is 0.785. The lowest BCUT2D eigenvalue weighted by molar-refractivity contribution is 0.852. The van der Waals surface area contributed by atoms with Gasteiger partial charge in [-0.2, -0.15) is 0 Å². The van der Waals surface area contributed by atoms with Gasteiger partial charge in [-0.3, -0.25) is 0 Å². The summed E-state index contributed by atoms with van der Waals surface area (Å²) < 4.78 is 3.18. The molecule has 1 aromatic carbocycles. The average molecular weight is 336 g/mol. The van der Waals surface area contributed by atoms with Gasteiger partial charge in [0.2, 0.25) is 0 Å². The Hall–Kier alpha value is -1.32. The van der Waals surface area contributed by atoms with E-state index >= 15 is 0 Å². The first kappa shape index (κ1) is 12.7. The molecule has 0 N–H and O–H groups in total. The maximum Gasteiger partial charge on any atom is 0.113 e. The van der Waals surface area contributed by atoms with Crippen molar-refractivity contribution < 1.29 is 0 Å². The largest absolute Gasteiger partial charge is 0.303 e. The number of hydrogen-bond donors (Lipinski definition) is 0. The number of halogens is 2. The topological polar surface area (TPSA) is 17.3 Å². The number of pyridine rings is 1. The molecule has 3 aromatic rings. The summed E-state index contributed by atoms with van der Waals surface area (Å²) in [5.41, 5.74) is 2.35. The predicted molar refractivity (Wildman–Crippen MR) is 81.8 cm³/mol. The normalized spacial score (nSPS) is 11.1. The van der Waals surface area contributed by atoms with Gasteiger partial charge in [-0.25, -0.2) is 4.98 Å². The van der Waals surface area contributed by atoms with Gasteiger partial charge in [0.25, 0.3) is 0 Å². The highest BCUT2D eigenvalue weighted by atomic mass is 79.9. The molecular weight excluding hydrogens is 324 g/mol. The Morgan fingerprint density at radius 2 is 2.05 bits per heavy atom. The number of benzene rings is 1. The van der Waals surface area contributed by atoms with Crippen molar-refractivity contribution in [1.29, 1.82) is 0 Å². The molecule has 0 unspecified atom stereocenters. The average Bonchev–Trinajstić information content (AvgIpc) is 2.79. The molecule has 2 heterocycles. The summed E-state index contributed by atoms with van der Waals surface area (Å²) in [4.78, 5) is 4.48. The van der Waals surface area contributed by atoms with Gasteiger partial charge in [0.15, 0.2) is 0 Å². The molecular formula is C15H12BrClN2. The smallest absolute Gasteiger partial charge is 0.113 e. The Labute approximate surface area is 125 Å². The first-order valence-electron chi connectivity index (χ1n) is 6.08. The molecule has 0 aliphatic carbocycles. The number of aryl methyl sites for hydroxylation is 2. The number of nitrogens with zero attached hydrogens (tertiary/aromatic N) is 2. The molecule has 0 aliphatic rings. The molecule has 2 aromatic heterocycles. The third-order valence-electron chi connectivity index (χ3n) is 3.09. The van der Waals surface area contributed by atoms with Crippen LogP contribution in [-0.4, -0.2) is 9.38 Å². The van der Waals surface area contributed by atoms with Crippen LogP contribution >= 0.6 is 27.5 Å². The summed E-state index contributed by atoms with van der Waals surface area (Å²) in [6.45, 7) is 0. The maximum absolute atomic E-state index is 5.99. The van der Waals surface area contributed by atoms with E-state index < -0.39 is 0 Å². The van der Waals surface area contributed by atoms with Crippen molar-refractivity contribution in [3.63, 3.8) is 0 Å². The first-order valence-corrected chi connectivity index (χ1v) is 7.25. The number of imidazole rings is 1. The summed E-state index contributed by atoms with van der Waals surface area (Å²) >= 11 is 9.49. The molecule has 3 rings (SSSR count). The fourth-order valence-corrected chi connectivity index (χ4v) is 2.70. The van der Waals surface area contributed by atoms with E-state index in [1.807, 2.05) is 30.5 Å². The van der Waals surface area contributed by atoms with Gasteiger partial charge in [-0.15, -0.1) is 0 Å². The van der Waals surface area contributed by atoms with Gasteiger partial charge in [-0.05, 0) is 52.2 Å². The Morgan fingerprint density at radius 3 is 2.89 bits per heavy atom. The summed E-state index contributed by atoms with van der Waals surface area (Å²) in [7, 11) is 0. The zero-order chi connectivity index (χ0) is 13.2. The van der Waals surface area contributed by atoms with Gasteiger partial charge >= 0.3 is 0 Å². The maximum atomic E-state index is 5.99. The van der Waals surface area contributed by atoms with E-state index in [-0.39, 0.29) is 0 Å². The quantitative estimate of drug-likeness (QED) is 0.687. The van der Waals surface area contributed by atoms with Crippen LogP contribution in [0.15, 0.2) is 53.3 Å². The minimum atomic E-state index is 0.785. The van der Waals surface area contributed by atoms with E-state index in [2.05, 4.69) is 43.6 Å². The summed E-state index contributed by atoms with van der Waals surface area (Å²) in [6, 6.07) is 12.1. The lowest BCUT2D eigenvalue weighted by Crippen LogP contribution is -1.98. The van der Waals surface area contributed by atoms with Gasteiger partial charge < -0.3 is 4.40 Å². The molecule has 0 atom stereocenters. The third-order valence-corrected chi connectivity index (χ3v) is 3.80. The van der Waals surface area contributed by atoms with Crippen molar-refractivity contribution in [1.82, 2.24) is 9.38 Å². The van der Waals surface area contributed by atoms with Crippen LogP contribution in [0.3, 0.4) is 0 Å². The predicted octanol–water partition coefficient (Wildman–Crippen LogP) is 4.54. The number of rotatable bonds is 3. The van der Waals surface area contributed by atoms with Crippen molar-refractivity contribution in [2.75, 3.05) is 0 Å². The van der Waals surface area contributed by atoms with Crippen LogP contribution in [0.25, 0.3) is 5.52 Å². The van der Waals surface area contributed by atoms with E-state index in [4.69, 9.17) is 11.6 Å². The molecule has 0 aliphatic heterocycles. The van der Waals surface area contributed by atoms with Gasteiger partial charge in [0, 0.05) is 22.1 Å². The fraction of sp³-hybridized carbons (Fsp3) is 0.133. The molecule has 0 radical (unpaired) electrons. The molecule has 19 heavy (non-hydrogen) atoms. The van der Waals surface area contributed by atoms with E-state index in [9.17, 15) is 0 Å². The Bertz CT molecular complexity index is 721. The van der Waals surface area contributed by atoms with Crippen molar-refractivity contribution in [3.8, 4) is 0 Å². The van der Waals surface area contributed by atoms with Crippen LogP contribution in [0.1, 0.15) is 11.4 Å². The Balaban J connectivity index is 1.84. The van der Waals surface area contributed by atoms with Gasteiger partial charge in [0.1, 0.15) is 5.82 Å². The van der Waals surface area contributed by atoms with Crippen LogP contribution in [0.5, 0.6) is 0 Å². The lowest BCUT2D eigenvalue weighted by Gasteiger charge is -2.03. The van der Waals surface area contributed by atoms with Crippen molar-refractivity contribution >= 4 is 33.0 Å². The van der Waals surface area contributed by atoms with Crippen LogP contribution in [0.2, 0.25) is 5.02 Å². The second-order valence-corrected chi connectivity index (χ2v) is 5.80. The van der Waals surface area contributed by atoms with Gasteiger partial charge in [0.05, 0.1) is 11.7 Å². The van der Waals surface area contributed by atoms with E-state index in [1.54, 1.807) is 0 Å². The van der Waals surface area contributed by atoms with Gasteiger partial charge in [-0.1, -0.05) is 23.7 Å². The molecule has 0 bridgehead atoms. The molecule has 0 saturated carbocycles. The van der Waals surface area contributed by atoms with Crippen LogP contribution < -0.4 is 0 Å². The van der Waals surface area contributed by atoms with Crippen molar-refractivity contribution in [2.24, 2.45) is 0 Å². The minimum Gasteiger partial charge on any atom is -0.303 e. The molecule has 4 heteroatoms. The molecule has 96 valence electrons. The SMILES string of the molecule is Clc1cccc(CCc2ncc3ccc(Br)cn23)c1. The molecule has 0 fully saturated rings. The standard InChI is InChI=1S/C15H12BrClN2/c16-12-5-6-14-9-18-15(19(14)10-12)7-4-11-2-1-3-13(17)8-11/h1-3,5-6,8-10H,4,7H2. The van der Waals surface area contributed by atoms with E-state index in [0.29, 0.717) is 0 Å². The van der Waals surface area contributed by atoms with E-state index in [0.717, 1.165) is 33.7 Å². The van der Waals surface area contributed by atoms with Crippen molar-refractivity contribution in [3.05, 3.63) is 69.7 Å². The number of fused-ring (bicyclic) bond motifs is 1. The van der Waals surface area contributed by atoms with Crippen LogP contribution in [-0.2, 0) is 12.8 Å². The number of aromatic nitrogens is 2. The molecule has 2 nitrogen and oxygen atoms in total. The monoisotopic (exact) mass is 334 g/mol. The third kappa shape index (κ3) is 2.82. The lowest BCUT2D eigenvalue weighted by atomic mass is 10.1. The second-order valence-electron chi connectivity index (χ2n) is 4.45. The Kier molecular flexibility index (Phi) is 3.58. The number of hydrogen-bond acceptors (Lipinski definition) is 1. The highest BCUT2D eigenvalue weighted by molar-refractivity contribution is 9.10. The summed E-state index contributed by atoms with van der Waals surface area (Å²) in [5, 5.41) is 0.785. The first-order chi connectivity index (χ1) is 9.22. The van der Waals surface area contributed by atoms with Crippen LogP contribution in [0, 0.1) is 0 Å².